The molecule has 1 aromatic carbocycles. The van der Waals surface area contributed by atoms with Crippen molar-refractivity contribution in [2.45, 2.75) is 39.2 Å². The molecule has 0 aliphatic carbocycles. The van der Waals surface area contributed by atoms with Crippen molar-refractivity contribution in [2.75, 3.05) is 19.3 Å². The number of nitrogen functional groups attached to an aromatic ring is 1. The molecule has 0 fully saturated rings. The fourth-order valence-corrected chi connectivity index (χ4v) is 3.95. The van der Waals surface area contributed by atoms with Gasteiger partial charge in [-0.15, -0.1) is 35.3 Å². The number of benzene rings is 1. The average molecular weight is 565 g/mol. The van der Waals surface area contributed by atoms with Crippen molar-refractivity contribution in [1.29, 1.82) is 5.26 Å². The van der Waals surface area contributed by atoms with E-state index < -0.39 is 0 Å². The Morgan fingerprint density at radius 1 is 1.28 bits per heavy atom. The normalized spacial score (nSPS) is 11.2. The molecular weight excluding hydrogens is 535 g/mol. The number of thiazole rings is 1. The third kappa shape index (κ3) is 6.43. The first-order chi connectivity index (χ1) is 15.0. The predicted octanol–water partition coefficient (Wildman–Crippen LogP) is 3.82. The van der Waals surface area contributed by atoms with Gasteiger partial charge in [0, 0.05) is 19.0 Å². The largest absolute Gasteiger partial charge is 0.382 e. The maximum Gasteiger partial charge on any atom is 0.191 e. The molecule has 0 atom stereocenters. The molecule has 0 saturated heterocycles. The van der Waals surface area contributed by atoms with Gasteiger partial charge in [0.25, 0.3) is 0 Å². The number of nitrogens with zero attached hydrogens (tertiary/aromatic N) is 5. The highest BCUT2D eigenvalue weighted by Gasteiger charge is 2.16. The molecule has 0 bridgehead atoms. The Morgan fingerprint density at radius 3 is 2.66 bits per heavy atom. The molecule has 170 valence electrons. The van der Waals surface area contributed by atoms with E-state index in [0.717, 1.165) is 28.8 Å². The number of aliphatic imine (C=N–C) groups is 1. The molecule has 0 amide bonds. The van der Waals surface area contributed by atoms with Gasteiger partial charge in [-0.25, -0.2) is 9.67 Å². The van der Waals surface area contributed by atoms with E-state index in [0.29, 0.717) is 42.5 Å². The molecule has 0 radical (unpaired) electrons. The number of nitrogens with one attached hydrogen (secondary N) is 2. The molecule has 0 saturated carbocycles. The van der Waals surface area contributed by atoms with E-state index in [2.05, 4.69) is 51.0 Å². The number of aromatic nitrogens is 3. The summed E-state index contributed by atoms with van der Waals surface area (Å²) in [6, 6.07) is 11.8. The lowest BCUT2D eigenvalue weighted by Gasteiger charge is -2.10. The first kappa shape index (κ1) is 25.6. The van der Waals surface area contributed by atoms with E-state index >= 15 is 0 Å². The van der Waals surface area contributed by atoms with Gasteiger partial charge in [-0.1, -0.05) is 32.0 Å². The molecule has 2 aromatic heterocycles. The second-order valence-corrected chi connectivity index (χ2v) is 8.29. The summed E-state index contributed by atoms with van der Waals surface area (Å²) >= 11 is 1.65. The van der Waals surface area contributed by atoms with Crippen LogP contribution in [0, 0.1) is 11.3 Å². The number of hydrogen-bond acceptors (Lipinski definition) is 6. The molecule has 32 heavy (non-hydrogen) atoms. The van der Waals surface area contributed by atoms with Crippen LogP contribution in [-0.4, -0.2) is 34.3 Å². The molecule has 3 aromatic rings. The molecule has 4 N–H and O–H groups in total. The van der Waals surface area contributed by atoms with Gasteiger partial charge >= 0.3 is 0 Å². The van der Waals surface area contributed by atoms with Crippen LogP contribution in [0.5, 0.6) is 0 Å². The number of hydrogen-bond donors (Lipinski definition) is 3. The highest BCUT2D eigenvalue weighted by Crippen LogP contribution is 2.21. The minimum absolute atomic E-state index is 0. The lowest BCUT2D eigenvalue weighted by molar-refractivity contribution is 0.720. The SMILES string of the molecule is CN=C(NCCCc1nn(-c2ccccc2)c(N)c1C#N)NCc1nc(C(C)C)cs1.I. The Morgan fingerprint density at radius 2 is 2.03 bits per heavy atom. The van der Waals surface area contributed by atoms with E-state index in [-0.39, 0.29) is 24.0 Å². The summed E-state index contributed by atoms with van der Waals surface area (Å²) in [5.41, 5.74) is 9.27. The molecule has 8 nitrogen and oxygen atoms in total. The molecule has 0 unspecified atom stereocenters. The maximum absolute atomic E-state index is 9.52. The van der Waals surface area contributed by atoms with Crippen molar-refractivity contribution in [3.63, 3.8) is 0 Å². The summed E-state index contributed by atoms with van der Waals surface area (Å²) in [7, 11) is 1.74. The smallest absolute Gasteiger partial charge is 0.191 e. The number of rotatable bonds is 8. The van der Waals surface area contributed by atoms with Crippen LogP contribution in [0.3, 0.4) is 0 Å². The van der Waals surface area contributed by atoms with Crippen LogP contribution in [-0.2, 0) is 13.0 Å². The third-order valence-electron chi connectivity index (χ3n) is 4.78. The summed E-state index contributed by atoms with van der Waals surface area (Å²) in [4.78, 5) is 8.89. The zero-order valence-electron chi connectivity index (χ0n) is 18.5. The van der Waals surface area contributed by atoms with Crippen molar-refractivity contribution in [3.05, 3.63) is 57.7 Å². The zero-order valence-corrected chi connectivity index (χ0v) is 21.6. The Balaban J connectivity index is 0.00000363. The highest BCUT2D eigenvalue weighted by molar-refractivity contribution is 14.0. The minimum atomic E-state index is 0. The molecule has 0 aliphatic heterocycles. The second kappa shape index (κ2) is 12.4. The van der Waals surface area contributed by atoms with Crippen molar-refractivity contribution in [1.82, 2.24) is 25.4 Å². The highest BCUT2D eigenvalue weighted by atomic mass is 127. The second-order valence-electron chi connectivity index (χ2n) is 7.34. The number of nitrogens with two attached hydrogens (primary N) is 1. The topological polar surface area (TPSA) is 117 Å². The molecule has 0 aliphatic rings. The summed E-state index contributed by atoms with van der Waals surface area (Å²) < 4.78 is 1.63. The Labute approximate surface area is 210 Å². The summed E-state index contributed by atoms with van der Waals surface area (Å²) in [5, 5.41) is 23.8. The van der Waals surface area contributed by atoms with Crippen LogP contribution in [0.15, 0.2) is 40.7 Å². The van der Waals surface area contributed by atoms with Gasteiger partial charge in [0.05, 0.1) is 23.6 Å². The van der Waals surface area contributed by atoms with Gasteiger partial charge in [0.2, 0.25) is 0 Å². The summed E-state index contributed by atoms with van der Waals surface area (Å²) in [5.74, 6) is 1.52. The van der Waals surface area contributed by atoms with Gasteiger partial charge in [0.15, 0.2) is 5.96 Å². The zero-order chi connectivity index (χ0) is 22.2. The maximum atomic E-state index is 9.52. The van der Waals surface area contributed by atoms with Crippen molar-refractivity contribution in [2.24, 2.45) is 4.99 Å². The first-order valence-electron chi connectivity index (χ1n) is 10.2. The summed E-state index contributed by atoms with van der Waals surface area (Å²) in [6.45, 7) is 5.60. The standard InChI is InChI=1S/C22H28N8S.HI/c1-15(2)19-14-31-20(28-19)13-27-22(25-3)26-11-7-10-18-17(12-23)21(24)30(29-18)16-8-5-4-6-9-16;/h4-6,8-9,14-15H,7,10-11,13,24H2,1-3H3,(H2,25,26,27);1H. The fourth-order valence-electron chi connectivity index (χ4n) is 3.06. The van der Waals surface area contributed by atoms with Crippen molar-refractivity contribution >= 4 is 47.1 Å². The van der Waals surface area contributed by atoms with E-state index in [1.54, 1.807) is 23.1 Å². The van der Waals surface area contributed by atoms with Crippen LogP contribution >= 0.6 is 35.3 Å². The van der Waals surface area contributed by atoms with Gasteiger partial charge < -0.3 is 16.4 Å². The molecule has 0 spiro atoms. The number of halogens is 1. The average Bonchev–Trinajstić information content (AvgIpc) is 3.38. The predicted molar refractivity (Wildman–Crippen MR) is 141 cm³/mol. The van der Waals surface area contributed by atoms with Crippen molar-refractivity contribution in [3.8, 4) is 11.8 Å². The number of para-hydroxylation sites is 1. The Kier molecular flexibility index (Phi) is 9.93. The van der Waals surface area contributed by atoms with Crippen LogP contribution in [0.4, 0.5) is 5.82 Å². The molecule has 10 heteroatoms. The molecule has 2 heterocycles. The monoisotopic (exact) mass is 564 g/mol. The van der Waals surface area contributed by atoms with Gasteiger partial charge in [-0.3, -0.25) is 4.99 Å². The van der Waals surface area contributed by atoms with E-state index in [1.807, 2.05) is 30.3 Å². The van der Waals surface area contributed by atoms with E-state index in [9.17, 15) is 5.26 Å². The van der Waals surface area contributed by atoms with E-state index in [4.69, 9.17) is 5.73 Å². The number of guanidine groups is 1. The Bertz CT molecular complexity index is 1070. The van der Waals surface area contributed by atoms with Crippen LogP contribution < -0.4 is 16.4 Å². The summed E-state index contributed by atoms with van der Waals surface area (Å²) in [6.07, 6.45) is 1.43. The third-order valence-corrected chi connectivity index (χ3v) is 5.65. The van der Waals surface area contributed by atoms with Gasteiger partial charge in [-0.2, -0.15) is 10.4 Å². The van der Waals surface area contributed by atoms with Gasteiger partial charge in [-0.05, 0) is 30.9 Å². The van der Waals surface area contributed by atoms with E-state index in [1.165, 1.54) is 0 Å². The van der Waals surface area contributed by atoms with Crippen molar-refractivity contribution < 1.29 is 0 Å². The quantitative estimate of drug-likeness (QED) is 0.166. The van der Waals surface area contributed by atoms with Gasteiger partial charge in [0.1, 0.15) is 22.5 Å². The lowest BCUT2D eigenvalue weighted by atomic mass is 10.1. The van der Waals surface area contributed by atoms with Crippen LogP contribution in [0.2, 0.25) is 0 Å². The number of aryl methyl sites for hydroxylation is 1. The number of nitriles is 1. The number of anilines is 1. The van der Waals surface area contributed by atoms with Crippen LogP contribution in [0.1, 0.15) is 48.1 Å². The molecular formula is C22H29IN8S. The minimum Gasteiger partial charge on any atom is -0.382 e. The van der Waals surface area contributed by atoms with Crippen LogP contribution in [0.25, 0.3) is 5.69 Å². The molecule has 3 rings (SSSR count). The lowest BCUT2D eigenvalue weighted by Crippen LogP contribution is -2.37. The fraction of sp³-hybridized carbons (Fsp3) is 0.364. The Hall–Kier alpha value is -2.65. The first-order valence-corrected chi connectivity index (χ1v) is 11.1.